The fourth-order valence-corrected chi connectivity index (χ4v) is 2.99. The first kappa shape index (κ1) is 19.3. The molecule has 0 saturated carbocycles. The molecule has 0 spiro atoms. The first-order valence-electron chi connectivity index (χ1n) is 8.79. The fraction of sp³-hybridized carbons (Fsp3) is 0.190. The number of benzene rings is 2. The smallest absolute Gasteiger partial charge is 0.257 e. The lowest BCUT2D eigenvalue weighted by Gasteiger charge is -2.17. The van der Waals surface area contributed by atoms with Gasteiger partial charge in [-0.3, -0.25) is 9.59 Å². The highest BCUT2D eigenvalue weighted by Crippen LogP contribution is 2.19. The molecule has 1 heterocycles. The second kappa shape index (κ2) is 8.04. The quantitative estimate of drug-likeness (QED) is 0.738. The summed E-state index contributed by atoms with van der Waals surface area (Å²) in [5.74, 6) is -0.930. The van der Waals surface area contributed by atoms with E-state index in [0.717, 1.165) is 0 Å². The number of aryl methyl sites for hydroxylation is 1. The van der Waals surface area contributed by atoms with E-state index < -0.39 is 0 Å². The van der Waals surface area contributed by atoms with E-state index in [1.54, 1.807) is 49.8 Å². The van der Waals surface area contributed by atoms with Gasteiger partial charge in [0.25, 0.3) is 5.91 Å². The third-order valence-electron chi connectivity index (χ3n) is 4.36. The van der Waals surface area contributed by atoms with Gasteiger partial charge in [-0.15, -0.1) is 0 Å². The van der Waals surface area contributed by atoms with E-state index in [1.165, 1.54) is 17.0 Å². The number of amides is 2. The minimum atomic E-state index is -0.342. The van der Waals surface area contributed by atoms with Crippen molar-refractivity contribution in [1.29, 1.82) is 0 Å². The van der Waals surface area contributed by atoms with Crippen LogP contribution in [0, 0.1) is 19.7 Å². The Labute approximate surface area is 162 Å². The molecule has 7 heteroatoms. The molecule has 0 fully saturated rings. The van der Waals surface area contributed by atoms with Crippen molar-refractivity contribution in [3.05, 3.63) is 77.4 Å². The van der Waals surface area contributed by atoms with Crippen molar-refractivity contribution >= 4 is 17.5 Å². The Kier molecular flexibility index (Phi) is 5.54. The first-order chi connectivity index (χ1) is 13.4. The molecule has 0 saturated heterocycles. The van der Waals surface area contributed by atoms with Gasteiger partial charge in [-0.1, -0.05) is 18.2 Å². The largest absolute Gasteiger partial charge is 0.332 e. The summed E-state index contributed by atoms with van der Waals surface area (Å²) in [6.07, 6.45) is 0. The maximum atomic E-state index is 13.2. The van der Waals surface area contributed by atoms with E-state index in [0.29, 0.717) is 28.3 Å². The molecular weight excluding hydrogens is 359 g/mol. The van der Waals surface area contributed by atoms with E-state index >= 15 is 0 Å². The Morgan fingerprint density at radius 3 is 2.36 bits per heavy atom. The van der Waals surface area contributed by atoms with Crippen molar-refractivity contribution in [2.45, 2.75) is 13.8 Å². The van der Waals surface area contributed by atoms with Crippen LogP contribution in [0.2, 0.25) is 0 Å². The number of para-hydroxylation sites is 1. The van der Waals surface area contributed by atoms with Gasteiger partial charge in [-0.25, -0.2) is 9.07 Å². The molecule has 0 radical (unpaired) electrons. The molecule has 6 nitrogen and oxygen atoms in total. The number of carbonyl (C=O) groups excluding carboxylic acids is 2. The minimum absolute atomic E-state index is 0.0890. The number of anilines is 1. The van der Waals surface area contributed by atoms with Crippen molar-refractivity contribution in [3.63, 3.8) is 0 Å². The van der Waals surface area contributed by atoms with E-state index in [4.69, 9.17) is 0 Å². The van der Waals surface area contributed by atoms with Crippen molar-refractivity contribution in [3.8, 4) is 5.69 Å². The van der Waals surface area contributed by atoms with Crippen LogP contribution in [-0.4, -0.2) is 40.1 Å². The predicted molar refractivity (Wildman–Crippen MR) is 105 cm³/mol. The predicted octanol–water partition coefficient (Wildman–Crippen LogP) is 3.34. The molecule has 0 unspecified atom stereocenters. The summed E-state index contributed by atoms with van der Waals surface area (Å²) in [4.78, 5) is 26.5. The zero-order valence-electron chi connectivity index (χ0n) is 15.9. The van der Waals surface area contributed by atoms with Crippen LogP contribution in [-0.2, 0) is 4.79 Å². The molecular formula is C21H21FN4O2. The Morgan fingerprint density at radius 1 is 1.07 bits per heavy atom. The van der Waals surface area contributed by atoms with Crippen LogP contribution in [0.25, 0.3) is 5.69 Å². The molecule has 0 aliphatic rings. The molecule has 144 valence electrons. The fourth-order valence-electron chi connectivity index (χ4n) is 2.99. The summed E-state index contributed by atoms with van der Waals surface area (Å²) in [6.45, 7) is 3.42. The van der Waals surface area contributed by atoms with Gasteiger partial charge in [0, 0.05) is 12.7 Å². The van der Waals surface area contributed by atoms with Crippen LogP contribution < -0.4 is 5.32 Å². The molecule has 0 aliphatic carbocycles. The lowest BCUT2D eigenvalue weighted by molar-refractivity contribution is -0.116. The Morgan fingerprint density at radius 2 is 1.71 bits per heavy atom. The van der Waals surface area contributed by atoms with Gasteiger partial charge in [0.1, 0.15) is 5.82 Å². The second-order valence-electron chi connectivity index (χ2n) is 6.51. The van der Waals surface area contributed by atoms with Gasteiger partial charge in [-0.2, -0.15) is 5.10 Å². The maximum absolute atomic E-state index is 13.2. The summed E-state index contributed by atoms with van der Waals surface area (Å²) in [7, 11) is 1.57. The summed E-state index contributed by atoms with van der Waals surface area (Å²) < 4.78 is 14.8. The monoisotopic (exact) mass is 380 g/mol. The number of likely N-dealkylation sites (N-methyl/N-ethyl adjacent to an activating group) is 1. The van der Waals surface area contributed by atoms with Crippen molar-refractivity contribution in [1.82, 2.24) is 14.7 Å². The number of aromatic nitrogens is 2. The molecule has 28 heavy (non-hydrogen) atoms. The molecule has 2 aromatic carbocycles. The highest BCUT2D eigenvalue weighted by molar-refractivity contribution is 6.00. The van der Waals surface area contributed by atoms with Gasteiger partial charge in [0.05, 0.1) is 29.2 Å². The molecule has 0 atom stereocenters. The van der Waals surface area contributed by atoms with Crippen LogP contribution in [0.1, 0.15) is 21.7 Å². The van der Waals surface area contributed by atoms with Crippen LogP contribution in [0.15, 0.2) is 54.6 Å². The van der Waals surface area contributed by atoms with Gasteiger partial charge in [-0.05, 0) is 50.2 Å². The Bertz CT molecular complexity index is 997. The zero-order chi connectivity index (χ0) is 20.3. The summed E-state index contributed by atoms with van der Waals surface area (Å²) in [6, 6.07) is 14.9. The Balaban J connectivity index is 1.76. The van der Waals surface area contributed by atoms with Crippen LogP contribution >= 0.6 is 0 Å². The minimum Gasteiger partial charge on any atom is -0.332 e. The van der Waals surface area contributed by atoms with E-state index in [2.05, 4.69) is 10.4 Å². The normalized spacial score (nSPS) is 10.6. The van der Waals surface area contributed by atoms with Gasteiger partial charge < -0.3 is 10.2 Å². The standard InChI is InChI=1S/C21H21FN4O2/c1-14-20(15(2)26(24-14)18-11-9-16(22)10-12-18)21(28)25(3)13-19(27)23-17-7-5-4-6-8-17/h4-12H,13H2,1-3H3,(H,23,27). The van der Waals surface area contributed by atoms with Crippen molar-refractivity contribution < 1.29 is 14.0 Å². The molecule has 0 aliphatic heterocycles. The van der Waals surface area contributed by atoms with Crippen molar-refractivity contribution in [2.24, 2.45) is 0 Å². The number of hydrogen-bond acceptors (Lipinski definition) is 3. The molecule has 1 aromatic heterocycles. The van der Waals surface area contributed by atoms with Crippen molar-refractivity contribution in [2.75, 3.05) is 18.9 Å². The zero-order valence-corrected chi connectivity index (χ0v) is 15.9. The van der Waals surface area contributed by atoms with E-state index in [1.807, 2.05) is 18.2 Å². The van der Waals surface area contributed by atoms with Crippen LogP contribution in [0.5, 0.6) is 0 Å². The lowest BCUT2D eigenvalue weighted by atomic mass is 10.1. The molecule has 1 N–H and O–H groups in total. The number of rotatable bonds is 5. The van der Waals surface area contributed by atoms with Crippen LogP contribution in [0.3, 0.4) is 0 Å². The molecule has 3 rings (SSSR count). The summed E-state index contributed by atoms with van der Waals surface area (Å²) in [5, 5.41) is 7.16. The first-order valence-corrected chi connectivity index (χ1v) is 8.79. The number of nitrogens with one attached hydrogen (secondary N) is 1. The van der Waals surface area contributed by atoms with Crippen LogP contribution in [0.4, 0.5) is 10.1 Å². The summed E-state index contributed by atoms with van der Waals surface area (Å²) in [5.41, 5.74) is 2.93. The number of hydrogen-bond donors (Lipinski definition) is 1. The lowest BCUT2D eigenvalue weighted by Crippen LogP contribution is -2.35. The highest BCUT2D eigenvalue weighted by atomic mass is 19.1. The SMILES string of the molecule is Cc1nn(-c2ccc(F)cc2)c(C)c1C(=O)N(C)CC(=O)Nc1ccccc1. The third kappa shape index (κ3) is 4.09. The second-order valence-corrected chi connectivity index (χ2v) is 6.51. The van der Waals surface area contributed by atoms with E-state index in [-0.39, 0.29) is 24.2 Å². The molecule has 2 amide bonds. The molecule has 3 aromatic rings. The van der Waals surface area contributed by atoms with Gasteiger partial charge in [0.15, 0.2) is 0 Å². The molecule has 0 bridgehead atoms. The Hall–Kier alpha value is -3.48. The maximum Gasteiger partial charge on any atom is 0.257 e. The van der Waals surface area contributed by atoms with Gasteiger partial charge >= 0.3 is 0 Å². The topological polar surface area (TPSA) is 67.2 Å². The average Bonchev–Trinajstić information content (AvgIpc) is 2.96. The number of carbonyl (C=O) groups is 2. The number of nitrogens with zero attached hydrogens (tertiary/aromatic N) is 3. The average molecular weight is 380 g/mol. The highest BCUT2D eigenvalue weighted by Gasteiger charge is 2.23. The number of halogens is 1. The van der Waals surface area contributed by atoms with Gasteiger partial charge in [0.2, 0.25) is 5.91 Å². The third-order valence-corrected chi connectivity index (χ3v) is 4.36. The van der Waals surface area contributed by atoms with E-state index in [9.17, 15) is 14.0 Å². The summed E-state index contributed by atoms with van der Waals surface area (Å²) >= 11 is 0.